The van der Waals surface area contributed by atoms with Crippen LogP contribution in [0.3, 0.4) is 0 Å². The molecule has 1 aromatic carbocycles. The van der Waals surface area contributed by atoms with Crippen LogP contribution in [-0.2, 0) is 15.1 Å². The van der Waals surface area contributed by atoms with Crippen molar-refractivity contribution in [1.82, 2.24) is 25.0 Å². The van der Waals surface area contributed by atoms with Crippen molar-refractivity contribution in [2.75, 3.05) is 26.2 Å². The summed E-state index contributed by atoms with van der Waals surface area (Å²) in [6, 6.07) is 6.11. The number of benzene rings is 1. The standard InChI is InChI=1S/C33H36Cl2F2N6O3S/c1-17(2)26-27(30(46)41-14-20(36)11-24(41)29(45)42-16-33(8-9-33)39-13-21(42)15-44)47-31-40-32(3,19-5-7-25(35)38-12-19)28(43(26)31)18-4-6-22(34)23(37)10-18/h4-7,10,12,17,20-21,24,28,39,44H,8-9,11,13-16H2,1-3H3/t20-,21+,24-,28-,32+/m1/s1. The van der Waals surface area contributed by atoms with Gasteiger partial charge in [0.1, 0.15) is 33.6 Å². The molecule has 3 fully saturated rings. The Kier molecular flexibility index (Phi) is 8.35. The molecule has 5 heterocycles. The molecule has 1 saturated carbocycles. The third kappa shape index (κ3) is 5.53. The second kappa shape index (κ2) is 12.0. The molecule has 1 aliphatic carbocycles. The molecule has 0 unspecified atom stereocenters. The summed E-state index contributed by atoms with van der Waals surface area (Å²) in [5.41, 5.74) is 0.881. The molecule has 14 heteroatoms. The van der Waals surface area contributed by atoms with Crippen LogP contribution in [0.2, 0.25) is 10.2 Å². The van der Waals surface area contributed by atoms with Gasteiger partial charge >= 0.3 is 0 Å². The summed E-state index contributed by atoms with van der Waals surface area (Å²) in [7, 11) is 0. The second-order valence-corrected chi connectivity index (χ2v) is 15.4. The number of amides is 2. The van der Waals surface area contributed by atoms with Crippen molar-refractivity contribution in [3.8, 4) is 0 Å². The first kappa shape index (κ1) is 32.8. The molecule has 4 aliphatic heterocycles. The number of alkyl halides is 1. The number of hydrogen-bond acceptors (Lipinski definition) is 8. The van der Waals surface area contributed by atoms with Crippen LogP contribution in [0.15, 0.2) is 52.1 Å². The Labute approximate surface area is 286 Å². The Balaban J connectivity index is 1.26. The van der Waals surface area contributed by atoms with Crippen LogP contribution in [0.1, 0.15) is 57.2 Å². The van der Waals surface area contributed by atoms with E-state index in [1.165, 1.54) is 28.8 Å². The number of aliphatic imine (C=N–C) groups is 1. The molecule has 2 amide bonds. The number of fused-ring (bicyclic) bond motifs is 1. The fourth-order valence-electron chi connectivity index (χ4n) is 7.42. The molecule has 9 nitrogen and oxygen atoms in total. The van der Waals surface area contributed by atoms with E-state index in [0.29, 0.717) is 39.6 Å². The summed E-state index contributed by atoms with van der Waals surface area (Å²) >= 11 is 13.4. The first-order valence-corrected chi connectivity index (χ1v) is 17.4. The minimum Gasteiger partial charge on any atom is -0.394 e. The van der Waals surface area contributed by atoms with Crippen LogP contribution in [0, 0.1) is 11.7 Å². The van der Waals surface area contributed by atoms with Gasteiger partial charge in [-0.3, -0.25) is 9.59 Å². The van der Waals surface area contributed by atoms with Crippen molar-refractivity contribution >= 4 is 51.9 Å². The number of likely N-dealkylation sites (tertiary alicyclic amines) is 1. The number of thioether (sulfide) groups is 1. The lowest BCUT2D eigenvalue weighted by Gasteiger charge is -2.42. The number of aliphatic hydroxyl groups excluding tert-OH is 1. The molecule has 47 heavy (non-hydrogen) atoms. The van der Waals surface area contributed by atoms with E-state index in [2.05, 4.69) is 10.3 Å². The van der Waals surface area contributed by atoms with Crippen molar-refractivity contribution < 1.29 is 23.5 Å². The van der Waals surface area contributed by atoms with E-state index in [9.17, 15) is 19.1 Å². The van der Waals surface area contributed by atoms with Gasteiger partial charge in [-0.15, -0.1) is 0 Å². The van der Waals surface area contributed by atoms with E-state index < -0.39 is 41.6 Å². The van der Waals surface area contributed by atoms with Gasteiger partial charge in [-0.1, -0.05) is 49.2 Å². The Morgan fingerprint density at radius 2 is 1.96 bits per heavy atom. The maximum Gasteiger partial charge on any atom is 0.263 e. The average Bonchev–Trinajstić information content (AvgIpc) is 3.36. The number of pyridine rings is 1. The summed E-state index contributed by atoms with van der Waals surface area (Å²) in [6.45, 7) is 6.28. The minimum absolute atomic E-state index is 0.0138. The van der Waals surface area contributed by atoms with Gasteiger partial charge in [-0.25, -0.2) is 18.8 Å². The van der Waals surface area contributed by atoms with Gasteiger partial charge in [-0.2, -0.15) is 0 Å². The fourth-order valence-corrected chi connectivity index (χ4v) is 9.01. The number of nitrogens with one attached hydrogen (secondary N) is 1. The smallest absolute Gasteiger partial charge is 0.263 e. The number of nitrogens with zero attached hydrogens (tertiary/aromatic N) is 5. The van der Waals surface area contributed by atoms with Crippen LogP contribution < -0.4 is 5.32 Å². The molecule has 1 spiro atoms. The molecular formula is C33H36Cl2F2N6O3S. The van der Waals surface area contributed by atoms with Gasteiger partial charge in [-0.05, 0) is 61.2 Å². The maximum absolute atomic E-state index is 15.2. The predicted molar refractivity (Wildman–Crippen MR) is 177 cm³/mol. The summed E-state index contributed by atoms with van der Waals surface area (Å²) in [4.78, 5) is 43.3. The van der Waals surface area contributed by atoms with Gasteiger partial charge in [0, 0.05) is 42.5 Å². The van der Waals surface area contributed by atoms with Crippen molar-refractivity contribution in [3.05, 3.63) is 74.3 Å². The molecular weight excluding hydrogens is 669 g/mol. The first-order chi connectivity index (χ1) is 22.4. The van der Waals surface area contributed by atoms with E-state index >= 15 is 4.39 Å². The van der Waals surface area contributed by atoms with Crippen LogP contribution in [0.25, 0.3) is 0 Å². The van der Waals surface area contributed by atoms with E-state index in [1.807, 2.05) is 31.7 Å². The minimum atomic E-state index is -1.37. The molecule has 0 radical (unpaired) electrons. The van der Waals surface area contributed by atoms with Crippen LogP contribution in [-0.4, -0.2) is 91.8 Å². The number of carbonyl (C=O) groups is 2. The summed E-state index contributed by atoms with van der Waals surface area (Å²) in [6.07, 6.45) is 2.03. The molecule has 2 saturated heterocycles. The van der Waals surface area contributed by atoms with E-state index in [-0.39, 0.29) is 42.0 Å². The zero-order valence-corrected chi connectivity index (χ0v) is 28.5. The highest BCUT2D eigenvalue weighted by Gasteiger charge is 2.56. The molecule has 250 valence electrons. The van der Waals surface area contributed by atoms with Crippen LogP contribution in [0.5, 0.6) is 0 Å². The topological polar surface area (TPSA) is 101 Å². The van der Waals surface area contributed by atoms with Crippen LogP contribution in [0.4, 0.5) is 8.78 Å². The Bertz CT molecular complexity index is 1690. The number of halogens is 4. The number of aromatic nitrogens is 1. The summed E-state index contributed by atoms with van der Waals surface area (Å²) in [5.74, 6) is -1.56. The highest BCUT2D eigenvalue weighted by molar-refractivity contribution is 8.18. The lowest BCUT2D eigenvalue weighted by Crippen LogP contribution is -2.63. The molecule has 1 aromatic heterocycles. The number of piperazine rings is 1. The van der Waals surface area contributed by atoms with E-state index in [0.717, 1.165) is 18.4 Å². The average molecular weight is 706 g/mol. The number of hydrogen-bond donors (Lipinski definition) is 2. The molecule has 2 N–H and O–H groups in total. The van der Waals surface area contributed by atoms with E-state index in [1.54, 1.807) is 23.2 Å². The lowest BCUT2D eigenvalue weighted by molar-refractivity contribution is -0.146. The van der Waals surface area contributed by atoms with Crippen molar-refractivity contribution in [2.45, 2.75) is 75.4 Å². The van der Waals surface area contributed by atoms with Gasteiger partial charge < -0.3 is 25.1 Å². The molecule has 0 bridgehead atoms. The predicted octanol–water partition coefficient (Wildman–Crippen LogP) is 5.03. The highest BCUT2D eigenvalue weighted by Crippen LogP contribution is 2.56. The van der Waals surface area contributed by atoms with Crippen molar-refractivity contribution in [2.24, 2.45) is 10.9 Å². The third-order valence-corrected chi connectivity index (χ3v) is 11.7. The quantitative estimate of drug-likeness (QED) is 0.407. The Morgan fingerprint density at radius 1 is 1.19 bits per heavy atom. The van der Waals surface area contributed by atoms with Crippen molar-refractivity contribution in [1.29, 1.82) is 0 Å². The number of aliphatic hydroxyl groups is 1. The second-order valence-electron chi connectivity index (χ2n) is 13.6. The molecule has 5 atom stereocenters. The summed E-state index contributed by atoms with van der Waals surface area (Å²) in [5, 5.41) is 14.3. The first-order valence-electron chi connectivity index (χ1n) is 15.9. The SMILES string of the molecule is CC(C)C1=C(C(=O)N2C[C@H](F)C[C@@H]2C(=O)N2CC3(CC3)NC[C@H]2CO)SC2=N[C@@](C)(c3ccc(Cl)nc3)[C@@H](c3ccc(Cl)c(F)c3)N21. The largest absolute Gasteiger partial charge is 0.394 e. The number of carbonyl (C=O) groups excluding carboxylic acids is 2. The van der Waals surface area contributed by atoms with Gasteiger partial charge in [0.2, 0.25) is 5.91 Å². The molecule has 5 aliphatic rings. The Morgan fingerprint density at radius 3 is 2.60 bits per heavy atom. The number of amidine groups is 1. The van der Waals surface area contributed by atoms with Crippen LogP contribution >= 0.6 is 35.0 Å². The summed E-state index contributed by atoms with van der Waals surface area (Å²) < 4.78 is 30.1. The third-order valence-electron chi connectivity index (χ3n) is 10.1. The number of rotatable bonds is 6. The fraction of sp³-hybridized carbons (Fsp3) is 0.515. The highest BCUT2D eigenvalue weighted by atomic mass is 35.5. The maximum atomic E-state index is 15.2. The zero-order valence-electron chi connectivity index (χ0n) is 26.2. The van der Waals surface area contributed by atoms with Gasteiger partial charge in [0.15, 0.2) is 5.17 Å². The zero-order chi connectivity index (χ0) is 33.4. The van der Waals surface area contributed by atoms with Gasteiger partial charge in [0.05, 0.1) is 30.3 Å². The molecule has 2 aromatic rings. The van der Waals surface area contributed by atoms with Gasteiger partial charge in [0.25, 0.3) is 5.91 Å². The number of allylic oxidation sites excluding steroid dienone is 1. The lowest BCUT2D eigenvalue weighted by atomic mass is 9.81. The normalized spacial score (nSPS) is 29.6. The Hall–Kier alpha value is -2.77. The monoisotopic (exact) mass is 704 g/mol. The molecule has 7 rings (SSSR count). The van der Waals surface area contributed by atoms with E-state index in [4.69, 9.17) is 28.2 Å². The van der Waals surface area contributed by atoms with Crippen molar-refractivity contribution in [3.63, 3.8) is 0 Å².